The van der Waals surface area contributed by atoms with E-state index >= 15 is 0 Å². The molecule has 1 rings (SSSR count). The van der Waals surface area contributed by atoms with E-state index in [0.717, 1.165) is 30.4 Å². The van der Waals surface area contributed by atoms with E-state index in [0.29, 0.717) is 0 Å². The van der Waals surface area contributed by atoms with Gasteiger partial charge in [0.2, 0.25) is 0 Å². The minimum atomic E-state index is 0.801. The lowest BCUT2D eigenvalue weighted by molar-refractivity contribution is 0.942. The molecule has 0 aliphatic heterocycles. The van der Waals surface area contributed by atoms with Gasteiger partial charge >= 0.3 is 0 Å². The number of nitrogens with zero attached hydrogens (tertiary/aromatic N) is 3. The van der Waals surface area contributed by atoms with Gasteiger partial charge < -0.3 is 10.2 Å². The van der Waals surface area contributed by atoms with Gasteiger partial charge in [0, 0.05) is 26.7 Å². The molecule has 0 aliphatic carbocycles. The summed E-state index contributed by atoms with van der Waals surface area (Å²) in [6, 6.07) is 1.96. The molecule has 0 amide bonds. The molecular formula is C10H18N4. The Hall–Kier alpha value is -1.32. The summed E-state index contributed by atoms with van der Waals surface area (Å²) in [5.41, 5.74) is 0. The second kappa shape index (κ2) is 4.79. The SMILES string of the molecule is CCCNc1cc(N(C)C)nc(C)n1. The van der Waals surface area contributed by atoms with Crippen molar-refractivity contribution < 1.29 is 0 Å². The summed E-state index contributed by atoms with van der Waals surface area (Å²) >= 11 is 0. The molecule has 0 aliphatic rings. The van der Waals surface area contributed by atoms with E-state index in [4.69, 9.17) is 0 Å². The Labute approximate surface area is 85.4 Å². The molecule has 0 fully saturated rings. The quantitative estimate of drug-likeness (QED) is 0.791. The van der Waals surface area contributed by atoms with Crippen LogP contribution in [0.3, 0.4) is 0 Å². The molecule has 0 aromatic carbocycles. The Morgan fingerprint density at radius 1 is 1.36 bits per heavy atom. The Morgan fingerprint density at radius 3 is 2.64 bits per heavy atom. The second-order valence-corrected chi connectivity index (χ2v) is 3.48. The third kappa shape index (κ3) is 2.87. The van der Waals surface area contributed by atoms with Gasteiger partial charge in [0.05, 0.1) is 0 Å². The van der Waals surface area contributed by atoms with E-state index in [9.17, 15) is 0 Å². The summed E-state index contributed by atoms with van der Waals surface area (Å²) < 4.78 is 0. The van der Waals surface area contributed by atoms with Crippen molar-refractivity contribution in [3.63, 3.8) is 0 Å². The average molecular weight is 194 g/mol. The van der Waals surface area contributed by atoms with Gasteiger partial charge in [0.1, 0.15) is 17.5 Å². The van der Waals surface area contributed by atoms with Gasteiger partial charge in [0.15, 0.2) is 0 Å². The highest BCUT2D eigenvalue weighted by Crippen LogP contribution is 2.12. The van der Waals surface area contributed by atoms with Crippen LogP contribution in [0.1, 0.15) is 19.2 Å². The smallest absolute Gasteiger partial charge is 0.133 e. The molecule has 1 aromatic rings. The zero-order chi connectivity index (χ0) is 10.6. The van der Waals surface area contributed by atoms with Crippen LogP contribution < -0.4 is 10.2 Å². The highest BCUT2D eigenvalue weighted by molar-refractivity contribution is 5.48. The molecule has 0 radical (unpaired) electrons. The monoisotopic (exact) mass is 194 g/mol. The third-order valence-corrected chi connectivity index (χ3v) is 1.84. The Bertz CT molecular complexity index is 296. The van der Waals surface area contributed by atoms with Crippen molar-refractivity contribution in [2.24, 2.45) is 0 Å². The Kier molecular flexibility index (Phi) is 3.68. The summed E-state index contributed by atoms with van der Waals surface area (Å²) in [4.78, 5) is 10.6. The largest absolute Gasteiger partial charge is 0.370 e. The molecular weight excluding hydrogens is 176 g/mol. The summed E-state index contributed by atoms with van der Waals surface area (Å²) in [5.74, 6) is 2.65. The molecule has 0 bridgehead atoms. The zero-order valence-corrected chi connectivity index (χ0v) is 9.33. The van der Waals surface area contributed by atoms with Crippen LogP contribution in [0.2, 0.25) is 0 Å². The van der Waals surface area contributed by atoms with E-state index in [1.54, 1.807) is 0 Å². The first-order valence-corrected chi connectivity index (χ1v) is 4.90. The number of aryl methyl sites for hydroxylation is 1. The summed E-state index contributed by atoms with van der Waals surface area (Å²) in [5, 5.41) is 3.25. The summed E-state index contributed by atoms with van der Waals surface area (Å²) in [6.45, 7) is 4.99. The zero-order valence-electron chi connectivity index (χ0n) is 9.33. The molecule has 4 heteroatoms. The maximum Gasteiger partial charge on any atom is 0.133 e. The second-order valence-electron chi connectivity index (χ2n) is 3.48. The molecule has 1 heterocycles. The van der Waals surface area contributed by atoms with Crippen LogP contribution >= 0.6 is 0 Å². The van der Waals surface area contributed by atoms with Gasteiger partial charge in [-0.2, -0.15) is 0 Å². The number of nitrogens with one attached hydrogen (secondary N) is 1. The van der Waals surface area contributed by atoms with E-state index in [2.05, 4.69) is 22.2 Å². The lowest BCUT2D eigenvalue weighted by atomic mass is 10.4. The van der Waals surface area contributed by atoms with E-state index in [1.165, 1.54) is 0 Å². The third-order valence-electron chi connectivity index (χ3n) is 1.84. The van der Waals surface area contributed by atoms with Gasteiger partial charge in [-0.3, -0.25) is 0 Å². The molecule has 4 nitrogen and oxygen atoms in total. The van der Waals surface area contributed by atoms with Crippen molar-refractivity contribution in [2.45, 2.75) is 20.3 Å². The molecule has 14 heavy (non-hydrogen) atoms. The molecule has 0 saturated carbocycles. The van der Waals surface area contributed by atoms with Crippen LogP contribution in [-0.2, 0) is 0 Å². The summed E-state index contributed by atoms with van der Waals surface area (Å²) in [7, 11) is 3.96. The van der Waals surface area contributed by atoms with Crippen molar-refractivity contribution in [3.8, 4) is 0 Å². The fraction of sp³-hybridized carbons (Fsp3) is 0.600. The van der Waals surface area contributed by atoms with Crippen LogP contribution in [0.4, 0.5) is 11.6 Å². The fourth-order valence-corrected chi connectivity index (χ4v) is 1.12. The van der Waals surface area contributed by atoms with E-state index in [-0.39, 0.29) is 0 Å². The molecule has 78 valence electrons. The fourth-order valence-electron chi connectivity index (χ4n) is 1.12. The van der Waals surface area contributed by atoms with Crippen molar-refractivity contribution in [1.29, 1.82) is 0 Å². The predicted octanol–water partition coefficient (Wildman–Crippen LogP) is 1.67. The number of hydrogen-bond donors (Lipinski definition) is 1. The lowest BCUT2D eigenvalue weighted by Gasteiger charge is -2.13. The molecule has 0 unspecified atom stereocenters. The maximum absolute atomic E-state index is 4.32. The van der Waals surface area contributed by atoms with E-state index < -0.39 is 0 Å². The standard InChI is InChI=1S/C10H18N4/c1-5-6-11-9-7-10(14(3)4)13-8(2)12-9/h7H,5-6H2,1-4H3,(H,11,12,13). The first kappa shape index (κ1) is 10.8. The van der Waals surface area contributed by atoms with Crippen molar-refractivity contribution in [2.75, 3.05) is 30.9 Å². The van der Waals surface area contributed by atoms with Crippen LogP contribution in [-0.4, -0.2) is 30.6 Å². The number of anilines is 2. The minimum Gasteiger partial charge on any atom is -0.370 e. The molecule has 1 N–H and O–H groups in total. The predicted molar refractivity (Wildman–Crippen MR) is 59.9 cm³/mol. The van der Waals surface area contributed by atoms with Gasteiger partial charge in [0.25, 0.3) is 0 Å². The van der Waals surface area contributed by atoms with Crippen LogP contribution in [0.15, 0.2) is 6.07 Å². The number of hydrogen-bond acceptors (Lipinski definition) is 4. The van der Waals surface area contributed by atoms with Gasteiger partial charge in [-0.05, 0) is 13.3 Å². The minimum absolute atomic E-state index is 0.801. The molecule has 0 atom stereocenters. The highest BCUT2D eigenvalue weighted by atomic mass is 15.2. The van der Waals surface area contributed by atoms with Gasteiger partial charge in [-0.25, -0.2) is 9.97 Å². The average Bonchev–Trinajstić information content (AvgIpc) is 2.14. The normalized spacial score (nSPS) is 10.0. The number of aromatic nitrogens is 2. The first-order valence-electron chi connectivity index (χ1n) is 4.90. The lowest BCUT2D eigenvalue weighted by Crippen LogP contribution is -2.13. The van der Waals surface area contributed by atoms with E-state index in [1.807, 2.05) is 32.0 Å². The van der Waals surface area contributed by atoms with Gasteiger partial charge in [-0.15, -0.1) is 0 Å². The topological polar surface area (TPSA) is 41.0 Å². The molecule has 0 saturated heterocycles. The maximum atomic E-state index is 4.32. The first-order chi connectivity index (χ1) is 6.63. The van der Waals surface area contributed by atoms with Crippen LogP contribution in [0.25, 0.3) is 0 Å². The van der Waals surface area contributed by atoms with Gasteiger partial charge in [-0.1, -0.05) is 6.92 Å². The number of rotatable bonds is 4. The molecule has 1 aromatic heterocycles. The van der Waals surface area contributed by atoms with Crippen molar-refractivity contribution in [1.82, 2.24) is 9.97 Å². The van der Waals surface area contributed by atoms with Crippen LogP contribution in [0.5, 0.6) is 0 Å². The van der Waals surface area contributed by atoms with Crippen LogP contribution in [0, 0.1) is 6.92 Å². The summed E-state index contributed by atoms with van der Waals surface area (Å²) in [6.07, 6.45) is 1.10. The highest BCUT2D eigenvalue weighted by Gasteiger charge is 2.02. The van der Waals surface area contributed by atoms with Crippen molar-refractivity contribution >= 4 is 11.6 Å². The Balaban J connectivity index is 2.84. The Morgan fingerprint density at radius 2 is 2.07 bits per heavy atom. The van der Waals surface area contributed by atoms with Crippen molar-refractivity contribution in [3.05, 3.63) is 11.9 Å². The molecule has 0 spiro atoms.